The van der Waals surface area contributed by atoms with Crippen LogP contribution >= 0.6 is 15.9 Å². The molecule has 0 saturated carbocycles. The van der Waals surface area contributed by atoms with E-state index in [-0.39, 0.29) is 37.4 Å². The van der Waals surface area contributed by atoms with Crippen molar-refractivity contribution in [3.8, 4) is 0 Å². The zero-order chi connectivity index (χ0) is 31.0. The number of hydrogen-bond acceptors (Lipinski definition) is 5. The molecule has 9 heteroatoms. The summed E-state index contributed by atoms with van der Waals surface area (Å²) in [6.07, 6.45) is 6.38. The maximum Gasteiger partial charge on any atom is 0.264 e. The van der Waals surface area contributed by atoms with Crippen molar-refractivity contribution in [3.63, 3.8) is 0 Å². The first-order valence-corrected chi connectivity index (χ1v) is 15.9. The molecule has 1 saturated heterocycles. The normalized spacial score (nSPS) is 22.1. The SMILES string of the molecule is C[C@H](/C=C/CC(=O)N1CCC[C@H]1CO)[C@@]1(O)C(=O)N(Cc2cccc(N3C(=O)CCc4ccccc43)c2)c2ccc(Br)cc21. The number of fused-ring (bicyclic) bond motifs is 2. The lowest BCUT2D eigenvalue weighted by atomic mass is 9.83. The van der Waals surface area contributed by atoms with Crippen molar-refractivity contribution >= 4 is 50.7 Å². The van der Waals surface area contributed by atoms with E-state index in [9.17, 15) is 24.6 Å². The number of aryl methyl sites for hydroxylation is 1. The van der Waals surface area contributed by atoms with Crippen molar-refractivity contribution in [2.24, 2.45) is 5.92 Å². The van der Waals surface area contributed by atoms with E-state index in [2.05, 4.69) is 15.9 Å². The smallest absolute Gasteiger partial charge is 0.264 e. The van der Waals surface area contributed by atoms with Gasteiger partial charge in [0.05, 0.1) is 30.6 Å². The van der Waals surface area contributed by atoms with Gasteiger partial charge in [-0.1, -0.05) is 65.3 Å². The third-order valence-corrected chi connectivity index (χ3v) is 9.61. The Balaban J connectivity index is 1.25. The molecule has 0 aromatic heterocycles. The average Bonchev–Trinajstić information content (AvgIpc) is 3.59. The fraction of sp³-hybridized carbons (Fsp3) is 0.343. The lowest BCUT2D eigenvalue weighted by molar-refractivity contribution is -0.139. The molecule has 0 spiro atoms. The molecule has 3 aromatic carbocycles. The minimum absolute atomic E-state index is 0.0263. The lowest BCUT2D eigenvalue weighted by Crippen LogP contribution is -2.44. The number of aliphatic hydroxyl groups is 2. The summed E-state index contributed by atoms with van der Waals surface area (Å²) in [6, 6.07) is 20.8. The molecule has 3 aliphatic rings. The quantitative estimate of drug-likeness (QED) is 0.318. The Labute approximate surface area is 265 Å². The van der Waals surface area contributed by atoms with Crippen LogP contribution in [0.4, 0.5) is 17.1 Å². The number of anilines is 3. The summed E-state index contributed by atoms with van der Waals surface area (Å²) in [5.41, 5.74) is 2.83. The molecule has 6 rings (SSSR count). The van der Waals surface area contributed by atoms with Crippen LogP contribution in [0, 0.1) is 5.92 Å². The molecule has 1 fully saturated rings. The lowest BCUT2D eigenvalue weighted by Gasteiger charge is -2.30. The van der Waals surface area contributed by atoms with Crippen LogP contribution in [-0.4, -0.2) is 52.0 Å². The predicted octanol–water partition coefficient (Wildman–Crippen LogP) is 5.36. The fourth-order valence-electron chi connectivity index (χ4n) is 6.75. The van der Waals surface area contributed by atoms with E-state index in [0.29, 0.717) is 30.6 Å². The van der Waals surface area contributed by atoms with E-state index in [1.165, 1.54) is 0 Å². The van der Waals surface area contributed by atoms with Gasteiger partial charge in [0.1, 0.15) is 0 Å². The van der Waals surface area contributed by atoms with Crippen molar-refractivity contribution in [3.05, 3.63) is 100 Å². The van der Waals surface area contributed by atoms with Gasteiger partial charge in [-0.25, -0.2) is 0 Å². The first-order chi connectivity index (χ1) is 21.2. The van der Waals surface area contributed by atoms with Gasteiger partial charge in [-0.3, -0.25) is 19.3 Å². The predicted molar refractivity (Wildman–Crippen MR) is 172 cm³/mol. The van der Waals surface area contributed by atoms with Gasteiger partial charge < -0.3 is 20.0 Å². The second-order valence-corrected chi connectivity index (χ2v) is 12.7. The van der Waals surface area contributed by atoms with Gasteiger partial charge in [0.15, 0.2) is 5.60 Å². The molecule has 3 aliphatic heterocycles. The van der Waals surface area contributed by atoms with Crippen LogP contribution in [0.3, 0.4) is 0 Å². The molecular weight excluding hydrogens is 622 g/mol. The molecule has 3 aromatic rings. The molecule has 8 nitrogen and oxygen atoms in total. The van der Waals surface area contributed by atoms with E-state index < -0.39 is 17.4 Å². The van der Waals surface area contributed by atoms with Gasteiger partial charge in [-0.2, -0.15) is 0 Å². The summed E-state index contributed by atoms with van der Waals surface area (Å²) in [4.78, 5) is 45.0. The van der Waals surface area contributed by atoms with Crippen LogP contribution in [-0.2, 0) is 33.0 Å². The molecular formula is C35H36BrN3O5. The number of amides is 3. The number of para-hydroxylation sites is 1. The molecule has 2 N–H and O–H groups in total. The number of hydrogen-bond donors (Lipinski definition) is 2. The number of likely N-dealkylation sites (tertiary alicyclic amines) is 1. The Morgan fingerprint density at radius 1 is 1.07 bits per heavy atom. The topological polar surface area (TPSA) is 101 Å². The molecule has 44 heavy (non-hydrogen) atoms. The van der Waals surface area contributed by atoms with Gasteiger partial charge in [-0.15, -0.1) is 0 Å². The number of halogens is 1. The molecule has 3 amide bonds. The maximum absolute atomic E-state index is 14.1. The highest BCUT2D eigenvalue weighted by Crippen LogP contribution is 2.47. The molecule has 3 atom stereocenters. The largest absolute Gasteiger partial charge is 0.394 e. The van der Waals surface area contributed by atoms with Crippen molar-refractivity contribution in [2.75, 3.05) is 23.0 Å². The van der Waals surface area contributed by atoms with Crippen molar-refractivity contribution < 1.29 is 24.6 Å². The monoisotopic (exact) mass is 657 g/mol. The average molecular weight is 659 g/mol. The summed E-state index contributed by atoms with van der Waals surface area (Å²) in [5, 5.41) is 21.6. The number of benzene rings is 3. The van der Waals surface area contributed by atoms with E-state index >= 15 is 0 Å². The Hall–Kier alpha value is -3.79. The van der Waals surface area contributed by atoms with Crippen LogP contribution in [0.5, 0.6) is 0 Å². The van der Waals surface area contributed by atoms with Gasteiger partial charge >= 0.3 is 0 Å². The third kappa shape index (κ3) is 5.38. The molecule has 0 radical (unpaired) electrons. The summed E-state index contributed by atoms with van der Waals surface area (Å²) < 4.78 is 0.740. The van der Waals surface area contributed by atoms with E-state index in [1.807, 2.05) is 60.7 Å². The van der Waals surface area contributed by atoms with Crippen LogP contribution in [0.2, 0.25) is 0 Å². The number of carbonyl (C=O) groups excluding carboxylic acids is 3. The summed E-state index contributed by atoms with van der Waals surface area (Å²) in [7, 11) is 0. The molecule has 0 aliphatic carbocycles. The highest BCUT2D eigenvalue weighted by Gasteiger charge is 2.52. The Morgan fingerprint density at radius 3 is 2.70 bits per heavy atom. The van der Waals surface area contributed by atoms with Gasteiger partial charge in [-0.05, 0) is 66.8 Å². The molecule has 0 bridgehead atoms. The van der Waals surface area contributed by atoms with Crippen LogP contribution in [0.25, 0.3) is 0 Å². The van der Waals surface area contributed by atoms with E-state index in [4.69, 9.17) is 0 Å². The molecule has 228 valence electrons. The first kappa shape index (κ1) is 30.2. The Bertz CT molecular complexity index is 1640. The van der Waals surface area contributed by atoms with E-state index in [1.54, 1.807) is 39.8 Å². The van der Waals surface area contributed by atoms with Crippen LogP contribution in [0.15, 0.2) is 83.4 Å². The van der Waals surface area contributed by atoms with Crippen molar-refractivity contribution in [2.45, 2.75) is 57.2 Å². The first-order valence-electron chi connectivity index (χ1n) is 15.1. The number of rotatable bonds is 8. The Morgan fingerprint density at radius 2 is 1.89 bits per heavy atom. The molecule has 0 unspecified atom stereocenters. The van der Waals surface area contributed by atoms with Gasteiger partial charge in [0.25, 0.3) is 5.91 Å². The van der Waals surface area contributed by atoms with Gasteiger partial charge in [0, 0.05) is 41.0 Å². The summed E-state index contributed by atoms with van der Waals surface area (Å²) in [5.74, 6) is -1.12. The minimum Gasteiger partial charge on any atom is -0.394 e. The highest BCUT2D eigenvalue weighted by molar-refractivity contribution is 9.10. The van der Waals surface area contributed by atoms with Crippen LogP contribution in [0.1, 0.15) is 49.3 Å². The second kappa shape index (κ2) is 12.3. The second-order valence-electron chi connectivity index (χ2n) is 11.8. The van der Waals surface area contributed by atoms with Crippen LogP contribution < -0.4 is 9.80 Å². The zero-order valence-corrected chi connectivity index (χ0v) is 26.2. The Kier molecular flexibility index (Phi) is 8.46. The molecule has 3 heterocycles. The van der Waals surface area contributed by atoms with Crippen molar-refractivity contribution in [1.29, 1.82) is 0 Å². The fourth-order valence-corrected chi connectivity index (χ4v) is 7.11. The summed E-state index contributed by atoms with van der Waals surface area (Å²) in [6.45, 7) is 2.57. The third-order valence-electron chi connectivity index (χ3n) is 9.12. The highest BCUT2D eigenvalue weighted by atomic mass is 79.9. The minimum atomic E-state index is -1.83. The standard InChI is InChI=1S/C35H36BrN3O5/c1-23(7-4-13-32(41)37-18-6-11-28(37)22-40)35(44)29-20-26(36)15-16-31(29)38(34(35)43)21-24-8-5-10-27(19-24)39-30-12-3-2-9-25(30)14-17-33(39)42/h2-5,7-10,12,15-16,19-20,23,28,40,44H,6,11,13-14,17-18,21-22H2,1H3/b7-4+/t23-,28+,35+/m1/s1. The van der Waals surface area contributed by atoms with Gasteiger partial charge in [0.2, 0.25) is 11.8 Å². The zero-order valence-electron chi connectivity index (χ0n) is 24.7. The van der Waals surface area contributed by atoms with E-state index in [0.717, 1.165) is 39.8 Å². The number of nitrogens with zero attached hydrogens (tertiary/aromatic N) is 3. The maximum atomic E-state index is 14.1. The number of carbonyl (C=O) groups is 3. The number of aliphatic hydroxyl groups excluding tert-OH is 1. The van der Waals surface area contributed by atoms with Crippen molar-refractivity contribution in [1.82, 2.24) is 4.90 Å². The summed E-state index contributed by atoms with van der Waals surface area (Å²) >= 11 is 3.50.